The van der Waals surface area contributed by atoms with Crippen molar-refractivity contribution in [2.24, 2.45) is 11.8 Å². The Morgan fingerprint density at radius 3 is 2.54 bits per heavy atom. The summed E-state index contributed by atoms with van der Waals surface area (Å²) in [6.07, 6.45) is 12.2. The molecule has 1 aliphatic heterocycles. The Balaban J connectivity index is 1.35. The van der Waals surface area contributed by atoms with Crippen molar-refractivity contribution in [1.82, 2.24) is 0 Å². The summed E-state index contributed by atoms with van der Waals surface area (Å²) in [6.45, 7) is 0.781. The van der Waals surface area contributed by atoms with Gasteiger partial charge in [0.15, 0.2) is 0 Å². The number of carbonyl (C=O) groups excluding carboxylic acids is 2. The van der Waals surface area contributed by atoms with Crippen LogP contribution in [0.15, 0.2) is 18.2 Å². The van der Waals surface area contributed by atoms with Gasteiger partial charge < -0.3 is 10.2 Å². The number of anilines is 2. The van der Waals surface area contributed by atoms with Gasteiger partial charge in [0.05, 0.1) is 0 Å². The maximum Gasteiger partial charge on any atom is 0.230 e. The lowest BCUT2D eigenvalue weighted by Gasteiger charge is -2.21. The normalized spacial score (nSPS) is 20.5. The van der Waals surface area contributed by atoms with Crippen LogP contribution in [0.5, 0.6) is 0 Å². The molecule has 0 radical (unpaired) electrons. The zero-order valence-corrected chi connectivity index (χ0v) is 15.6. The predicted octanol–water partition coefficient (Wildman–Crippen LogP) is 4.67. The molecule has 0 saturated heterocycles. The number of fused-ring (bicyclic) bond motifs is 1. The molecule has 0 aromatic heterocycles. The van der Waals surface area contributed by atoms with Crippen molar-refractivity contribution in [3.63, 3.8) is 0 Å². The molecule has 4 rings (SSSR count). The topological polar surface area (TPSA) is 49.4 Å². The van der Waals surface area contributed by atoms with E-state index in [1.807, 2.05) is 17.0 Å². The molecule has 2 fully saturated rings. The maximum absolute atomic E-state index is 12.7. The summed E-state index contributed by atoms with van der Waals surface area (Å²) < 4.78 is 0. The van der Waals surface area contributed by atoms with E-state index in [1.54, 1.807) is 0 Å². The van der Waals surface area contributed by atoms with Gasteiger partial charge in [-0.05, 0) is 55.4 Å². The summed E-state index contributed by atoms with van der Waals surface area (Å²) in [5, 5.41) is 3.05. The second-order valence-electron chi connectivity index (χ2n) is 8.30. The van der Waals surface area contributed by atoms with Gasteiger partial charge in [0.2, 0.25) is 11.8 Å². The third-order valence-corrected chi connectivity index (χ3v) is 6.48. The summed E-state index contributed by atoms with van der Waals surface area (Å²) in [6, 6.07) is 6.03. The van der Waals surface area contributed by atoms with Gasteiger partial charge in [-0.2, -0.15) is 0 Å². The Bertz CT molecular complexity index is 673. The second-order valence-corrected chi connectivity index (χ2v) is 8.30. The van der Waals surface area contributed by atoms with Gasteiger partial charge in [-0.3, -0.25) is 9.59 Å². The molecule has 1 N–H and O–H groups in total. The average molecular weight is 354 g/mol. The van der Waals surface area contributed by atoms with E-state index in [9.17, 15) is 9.59 Å². The molecule has 2 aliphatic carbocycles. The van der Waals surface area contributed by atoms with E-state index in [-0.39, 0.29) is 11.8 Å². The van der Waals surface area contributed by atoms with Crippen molar-refractivity contribution in [1.29, 1.82) is 0 Å². The molecule has 0 unspecified atom stereocenters. The Morgan fingerprint density at radius 1 is 1.04 bits per heavy atom. The summed E-state index contributed by atoms with van der Waals surface area (Å²) in [5.41, 5.74) is 3.10. The molecular weight excluding hydrogens is 324 g/mol. The van der Waals surface area contributed by atoms with Crippen LogP contribution >= 0.6 is 0 Å². The van der Waals surface area contributed by atoms with Crippen molar-refractivity contribution < 1.29 is 9.59 Å². The minimum atomic E-state index is 0.119. The number of nitrogens with one attached hydrogen (secondary N) is 1. The van der Waals surface area contributed by atoms with Gasteiger partial charge in [0, 0.05) is 30.3 Å². The zero-order chi connectivity index (χ0) is 17.9. The quantitative estimate of drug-likeness (QED) is 0.835. The van der Waals surface area contributed by atoms with Crippen molar-refractivity contribution >= 4 is 23.2 Å². The van der Waals surface area contributed by atoms with E-state index >= 15 is 0 Å². The second kappa shape index (κ2) is 7.81. The van der Waals surface area contributed by atoms with E-state index in [0.717, 1.165) is 49.5 Å². The number of hydrogen-bond acceptors (Lipinski definition) is 2. The van der Waals surface area contributed by atoms with Crippen molar-refractivity contribution in [3.05, 3.63) is 23.8 Å². The molecule has 1 heterocycles. The SMILES string of the molecule is O=C(CCC1CCCC1)Nc1ccc2c(c1)CCN2C(=O)C1CCCC1. The Morgan fingerprint density at radius 2 is 1.77 bits per heavy atom. The molecule has 4 nitrogen and oxygen atoms in total. The van der Waals surface area contributed by atoms with Gasteiger partial charge in [-0.1, -0.05) is 38.5 Å². The molecule has 1 aromatic carbocycles. The number of amides is 2. The lowest BCUT2D eigenvalue weighted by molar-refractivity contribution is -0.122. The summed E-state index contributed by atoms with van der Waals surface area (Å²) >= 11 is 0. The van der Waals surface area contributed by atoms with Gasteiger partial charge in [-0.15, -0.1) is 0 Å². The van der Waals surface area contributed by atoms with Gasteiger partial charge in [0.25, 0.3) is 0 Å². The van der Waals surface area contributed by atoms with Crippen LogP contribution in [0.1, 0.15) is 69.8 Å². The van der Waals surface area contributed by atoms with E-state index < -0.39 is 0 Å². The minimum absolute atomic E-state index is 0.119. The summed E-state index contributed by atoms with van der Waals surface area (Å²) in [7, 11) is 0. The first-order valence-electron chi connectivity index (χ1n) is 10.4. The monoisotopic (exact) mass is 354 g/mol. The molecule has 140 valence electrons. The largest absolute Gasteiger partial charge is 0.326 e. The van der Waals surface area contributed by atoms with Gasteiger partial charge >= 0.3 is 0 Å². The van der Waals surface area contributed by atoms with Crippen LogP contribution in [0.2, 0.25) is 0 Å². The van der Waals surface area contributed by atoms with Crippen LogP contribution < -0.4 is 10.2 Å². The smallest absolute Gasteiger partial charge is 0.230 e. The predicted molar refractivity (Wildman–Crippen MR) is 104 cm³/mol. The number of benzene rings is 1. The molecule has 0 spiro atoms. The zero-order valence-electron chi connectivity index (χ0n) is 15.6. The highest BCUT2D eigenvalue weighted by molar-refractivity contribution is 5.98. The lowest BCUT2D eigenvalue weighted by atomic mass is 10.0. The fourth-order valence-electron chi connectivity index (χ4n) is 4.96. The Kier molecular flexibility index (Phi) is 5.28. The van der Waals surface area contributed by atoms with E-state index in [0.29, 0.717) is 12.3 Å². The number of carbonyl (C=O) groups is 2. The number of rotatable bonds is 5. The van der Waals surface area contributed by atoms with Crippen molar-refractivity contribution in [3.8, 4) is 0 Å². The van der Waals surface area contributed by atoms with Crippen LogP contribution in [0.3, 0.4) is 0 Å². The van der Waals surface area contributed by atoms with Crippen molar-refractivity contribution in [2.45, 2.75) is 70.6 Å². The number of nitrogens with zero attached hydrogens (tertiary/aromatic N) is 1. The minimum Gasteiger partial charge on any atom is -0.326 e. The first kappa shape index (κ1) is 17.6. The molecule has 2 amide bonds. The molecular formula is C22H30N2O2. The first-order valence-corrected chi connectivity index (χ1v) is 10.4. The fourth-order valence-corrected chi connectivity index (χ4v) is 4.96. The van der Waals surface area contributed by atoms with E-state index in [4.69, 9.17) is 0 Å². The summed E-state index contributed by atoms with van der Waals surface area (Å²) in [5.74, 6) is 1.38. The molecule has 1 aromatic rings. The lowest BCUT2D eigenvalue weighted by Crippen LogP contribution is -2.33. The first-order chi connectivity index (χ1) is 12.7. The number of hydrogen-bond donors (Lipinski definition) is 1. The molecule has 2 saturated carbocycles. The van der Waals surface area contributed by atoms with E-state index in [1.165, 1.54) is 44.1 Å². The molecule has 4 heteroatoms. The van der Waals surface area contributed by atoms with Crippen LogP contribution in [0.4, 0.5) is 11.4 Å². The highest BCUT2D eigenvalue weighted by Gasteiger charge is 2.31. The van der Waals surface area contributed by atoms with Crippen LogP contribution in [0, 0.1) is 11.8 Å². The van der Waals surface area contributed by atoms with Crippen molar-refractivity contribution in [2.75, 3.05) is 16.8 Å². The van der Waals surface area contributed by atoms with Gasteiger partial charge in [-0.25, -0.2) is 0 Å². The fraction of sp³-hybridized carbons (Fsp3) is 0.636. The van der Waals surface area contributed by atoms with Crippen LogP contribution in [-0.2, 0) is 16.0 Å². The van der Waals surface area contributed by atoms with Crippen LogP contribution in [-0.4, -0.2) is 18.4 Å². The standard InChI is InChI=1S/C22H30N2O2/c25-21(12-9-16-5-1-2-6-16)23-19-10-11-20-18(15-19)13-14-24(20)22(26)17-7-3-4-8-17/h10-11,15-17H,1-9,12-14H2,(H,23,25). The maximum atomic E-state index is 12.7. The molecule has 26 heavy (non-hydrogen) atoms. The third-order valence-electron chi connectivity index (χ3n) is 6.48. The van der Waals surface area contributed by atoms with Gasteiger partial charge in [0.1, 0.15) is 0 Å². The van der Waals surface area contributed by atoms with Crippen LogP contribution in [0.25, 0.3) is 0 Å². The Labute approximate surface area is 156 Å². The average Bonchev–Trinajstić information content (AvgIpc) is 3.40. The van der Waals surface area contributed by atoms with E-state index in [2.05, 4.69) is 11.4 Å². The summed E-state index contributed by atoms with van der Waals surface area (Å²) in [4.78, 5) is 26.9. The molecule has 3 aliphatic rings. The highest BCUT2D eigenvalue weighted by atomic mass is 16.2. The molecule has 0 atom stereocenters. The Hall–Kier alpha value is -1.84. The third kappa shape index (κ3) is 3.79. The molecule has 0 bridgehead atoms. The highest BCUT2D eigenvalue weighted by Crippen LogP contribution is 2.35.